The van der Waals surface area contributed by atoms with Crippen LogP contribution in [0.15, 0.2) is 120 Å². The summed E-state index contributed by atoms with van der Waals surface area (Å²) in [5.41, 5.74) is 11.7. The van der Waals surface area contributed by atoms with Crippen LogP contribution in [-0.2, 0) is 12.8 Å². The van der Waals surface area contributed by atoms with Gasteiger partial charge in [-0.3, -0.25) is 41.7 Å². The lowest BCUT2D eigenvalue weighted by Gasteiger charge is -2.31. The van der Waals surface area contributed by atoms with E-state index in [1.165, 1.54) is 11.1 Å². The van der Waals surface area contributed by atoms with Gasteiger partial charge >= 0.3 is 0 Å². The Balaban J connectivity index is 1.04. The maximum absolute atomic E-state index is 10.1. The minimum atomic E-state index is -3.80. The van der Waals surface area contributed by atoms with Gasteiger partial charge in [0.15, 0.2) is 0 Å². The van der Waals surface area contributed by atoms with Crippen LogP contribution in [-0.4, -0.2) is 44.9 Å². The fourth-order valence-corrected chi connectivity index (χ4v) is 8.57. The van der Waals surface area contributed by atoms with Crippen LogP contribution in [0.2, 0.25) is 0 Å². The summed E-state index contributed by atoms with van der Waals surface area (Å²) in [4.78, 5) is 0.0803. The number of unbranched alkanes of at least 4 members (excludes halogenated alkanes) is 3. The number of benzene rings is 7. The van der Waals surface area contributed by atoms with Gasteiger partial charge < -0.3 is 13.7 Å². The molecule has 0 atom stereocenters. The molecule has 0 heterocycles. The van der Waals surface area contributed by atoms with Gasteiger partial charge in [0, 0.05) is 0 Å². The van der Waals surface area contributed by atoms with Crippen molar-refractivity contribution in [1.82, 2.24) is 0 Å². The summed E-state index contributed by atoms with van der Waals surface area (Å²) < 4.78 is 29.3. The van der Waals surface area contributed by atoms with E-state index in [4.69, 9.17) is 0 Å². The van der Waals surface area contributed by atoms with Crippen molar-refractivity contribution in [2.75, 3.05) is 26.1 Å². The molecule has 0 unspecified atom stereocenters. The van der Waals surface area contributed by atoms with Gasteiger partial charge in [0.2, 0.25) is 0 Å². The zero-order chi connectivity index (χ0) is 45.2. The third-order valence-electron chi connectivity index (χ3n) is 11.6. The van der Waals surface area contributed by atoms with E-state index in [-0.39, 0.29) is 31.9 Å². The first-order valence-corrected chi connectivity index (χ1v) is 22.0. The number of aryl methyl sites for hydroxylation is 6. The second-order valence-electron chi connectivity index (χ2n) is 16.0. The van der Waals surface area contributed by atoms with Crippen LogP contribution in [0.1, 0.15) is 59.1 Å². The van der Waals surface area contributed by atoms with Gasteiger partial charge in [-0.1, -0.05) is 79.1 Å². The van der Waals surface area contributed by atoms with Crippen molar-refractivity contribution in [3.63, 3.8) is 0 Å². The van der Waals surface area contributed by atoms with E-state index in [9.17, 15) is 44.9 Å². The third-order valence-corrected chi connectivity index (χ3v) is 12.5. The molecule has 7 rings (SSSR count). The molecule has 0 saturated heterocycles. The summed E-state index contributed by atoms with van der Waals surface area (Å²) in [5, 5.41) is 65.1. The predicted octanol–water partition coefficient (Wildman–Crippen LogP) is 12.7. The topological polar surface area (TPSA) is 207 Å². The maximum Gasteiger partial charge on any atom is 0.124 e. The van der Waals surface area contributed by atoms with Gasteiger partial charge in [-0.15, -0.1) is 15.7 Å². The fourth-order valence-electron chi connectivity index (χ4n) is 8.07. The lowest BCUT2D eigenvalue weighted by atomic mass is 9.90. The smallest absolute Gasteiger partial charge is 0.124 e. The van der Waals surface area contributed by atoms with Crippen molar-refractivity contribution < 1.29 is 44.9 Å². The van der Waals surface area contributed by atoms with E-state index in [0.29, 0.717) is 11.4 Å². The van der Waals surface area contributed by atoms with E-state index in [1.54, 1.807) is 17.1 Å². The highest BCUT2D eigenvalue weighted by Crippen LogP contribution is 2.45. The van der Waals surface area contributed by atoms with Gasteiger partial charge in [0.1, 0.15) is 27.9 Å². The molecule has 7 aromatic rings. The number of fused-ring (bicyclic) bond motifs is 2. The standard InChI is InChI=1S/C48H53N5O9S/c1-30-11-21-43-37(23-30)27-38-26-34(13-22-44(38)47(43)36-15-19-42(20-16-36)63(60,61)62)9-7-5-6-8-10-35-14-18-40(25-33(35)4)50(39-17-12-31(2)32(3)24-39)49-48-45(52(56)57)28-41(51(54)55)29-46(48)53(58)59/h11-29,49,54-62H,5-10H2,1-4H3. The summed E-state index contributed by atoms with van der Waals surface area (Å²) in [6, 6.07) is 35.8. The van der Waals surface area contributed by atoms with Crippen LogP contribution in [0, 0.1) is 27.7 Å². The van der Waals surface area contributed by atoms with Crippen molar-refractivity contribution in [2.45, 2.75) is 71.1 Å². The van der Waals surface area contributed by atoms with Crippen LogP contribution in [0.25, 0.3) is 32.7 Å². The van der Waals surface area contributed by atoms with E-state index in [2.05, 4.69) is 60.9 Å². The largest absolute Gasteiger partial charge is 0.304 e. The predicted molar refractivity (Wildman–Crippen MR) is 249 cm³/mol. The summed E-state index contributed by atoms with van der Waals surface area (Å²) in [5.74, 6) is 0. The molecule has 330 valence electrons. The summed E-state index contributed by atoms with van der Waals surface area (Å²) in [7, 11) is -3.80. The molecule has 10 N–H and O–H groups in total. The summed E-state index contributed by atoms with van der Waals surface area (Å²) >= 11 is 0. The van der Waals surface area contributed by atoms with Crippen molar-refractivity contribution >= 4 is 66.5 Å². The average molecular weight is 876 g/mol. The molecular weight excluding hydrogens is 823 g/mol. The number of rotatable bonds is 16. The summed E-state index contributed by atoms with van der Waals surface area (Å²) in [6.45, 7) is 8.05. The van der Waals surface area contributed by atoms with Crippen LogP contribution >= 0.6 is 10.9 Å². The number of hydrazine groups is 1. The Morgan fingerprint density at radius 2 is 1.08 bits per heavy atom. The number of anilines is 6. The lowest BCUT2D eigenvalue weighted by molar-refractivity contribution is 0.0235. The maximum atomic E-state index is 10.1. The SMILES string of the molecule is Cc1ccc2c(-c3ccc(S(O)(O)O)cc3)c3ccc(CCCCCCc4ccc(N(Nc5c(N(O)O)cc(N(O)O)cc5N(O)O)c5ccc(C)c(C)c5)cc4C)cc3cc2c1. The zero-order valence-electron chi connectivity index (χ0n) is 35.4. The molecule has 15 heteroatoms. The quantitative estimate of drug-likeness (QED) is 0.0249. The average Bonchev–Trinajstić information content (AvgIpc) is 3.23. The normalized spacial score (nSPS) is 11.9. The first kappa shape index (κ1) is 45.1. The van der Waals surface area contributed by atoms with Crippen LogP contribution < -0.4 is 26.1 Å². The highest BCUT2D eigenvalue weighted by molar-refractivity contribution is 8.19. The molecule has 0 amide bonds. The second kappa shape index (κ2) is 18.8. The van der Waals surface area contributed by atoms with Gasteiger partial charge in [0.05, 0.1) is 22.0 Å². The molecule has 0 saturated carbocycles. The second-order valence-corrected chi connectivity index (χ2v) is 17.6. The summed E-state index contributed by atoms with van der Waals surface area (Å²) in [6.07, 6.45) is 5.95. The van der Waals surface area contributed by atoms with Crippen molar-refractivity contribution in [2.24, 2.45) is 0 Å². The minimum Gasteiger partial charge on any atom is -0.304 e. The molecule has 0 fully saturated rings. The van der Waals surface area contributed by atoms with Gasteiger partial charge in [-0.2, -0.15) is 0 Å². The zero-order valence-corrected chi connectivity index (χ0v) is 36.3. The number of nitrogens with one attached hydrogen (secondary N) is 1. The van der Waals surface area contributed by atoms with Gasteiger partial charge in [-0.25, -0.2) is 0 Å². The van der Waals surface area contributed by atoms with Crippen molar-refractivity contribution in [3.8, 4) is 11.1 Å². The number of hydrogen-bond acceptors (Lipinski definition) is 14. The van der Waals surface area contributed by atoms with E-state index in [1.807, 2.05) is 63.2 Å². The Morgan fingerprint density at radius 1 is 0.492 bits per heavy atom. The molecule has 0 aliphatic heterocycles. The minimum absolute atomic E-state index is 0.0803. The molecule has 0 radical (unpaired) electrons. The molecule has 0 aliphatic carbocycles. The van der Waals surface area contributed by atoms with Gasteiger partial charge in [-0.05, 0) is 168 Å². The molecular formula is C48H53N5O9S. The Labute approximate surface area is 367 Å². The number of hydrogen-bond donors (Lipinski definition) is 10. The molecule has 0 spiro atoms. The molecule has 14 nitrogen and oxygen atoms in total. The van der Waals surface area contributed by atoms with Gasteiger partial charge in [0.25, 0.3) is 0 Å². The highest BCUT2D eigenvalue weighted by Gasteiger charge is 2.24. The van der Waals surface area contributed by atoms with Crippen LogP contribution in [0.5, 0.6) is 0 Å². The Bertz CT molecular complexity index is 2730. The monoisotopic (exact) mass is 875 g/mol. The van der Waals surface area contributed by atoms with Crippen LogP contribution in [0.3, 0.4) is 0 Å². The molecule has 0 bridgehead atoms. The third kappa shape index (κ3) is 10.1. The van der Waals surface area contributed by atoms with Crippen LogP contribution in [0.4, 0.5) is 34.1 Å². The first-order valence-electron chi connectivity index (χ1n) is 20.5. The fraction of sp³-hybridized carbons (Fsp3) is 0.208. The first-order chi connectivity index (χ1) is 30.0. The lowest BCUT2D eigenvalue weighted by Crippen LogP contribution is -2.29. The van der Waals surface area contributed by atoms with Crippen molar-refractivity contribution in [1.29, 1.82) is 0 Å². The highest BCUT2D eigenvalue weighted by atomic mass is 32.3. The van der Waals surface area contributed by atoms with E-state index < -0.39 is 22.2 Å². The Kier molecular flexibility index (Phi) is 13.5. The Hall–Kier alpha value is -5.95. The molecule has 7 aromatic carbocycles. The number of nitrogens with zero attached hydrogens (tertiary/aromatic N) is 4. The molecule has 63 heavy (non-hydrogen) atoms. The van der Waals surface area contributed by atoms with Crippen molar-refractivity contribution in [3.05, 3.63) is 149 Å². The van der Waals surface area contributed by atoms with E-state index >= 15 is 0 Å². The van der Waals surface area contributed by atoms with E-state index in [0.717, 1.165) is 106 Å². The molecule has 0 aromatic heterocycles. The molecule has 0 aliphatic rings. The Morgan fingerprint density at radius 3 is 1.67 bits per heavy atom.